The second-order valence-corrected chi connectivity index (χ2v) is 5.65. The Morgan fingerprint density at radius 1 is 1.16 bits per heavy atom. The average molecular weight is 342 g/mol. The van der Waals surface area contributed by atoms with Gasteiger partial charge in [0.05, 0.1) is 12.7 Å². The van der Waals surface area contributed by atoms with Crippen molar-refractivity contribution in [3.8, 4) is 5.75 Å². The van der Waals surface area contributed by atoms with Crippen LogP contribution in [0.5, 0.6) is 5.75 Å². The molecule has 0 aliphatic rings. The first-order valence-corrected chi connectivity index (χ1v) is 7.73. The number of aryl methyl sites for hydroxylation is 1. The monoisotopic (exact) mass is 342 g/mol. The van der Waals surface area contributed by atoms with E-state index >= 15 is 0 Å². The van der Waals surface area contributed by atoms with E-state index < -0.39 is 5.91 Å². The van der Waals surface area contributed by atoms with E-state index in [-0.39, 0.29) is 18.0 Å². The zero-order valence-electron chi connectivity index (χ0n) is 14.3. The number of rotatable bonds is 6. The second kappa shape index (κ2) is 8.16. The lowest BCUT2D eigenvalue weighted by molar-refractivity contribution is -0.122. The van der Waals surface area contributed by atoms with Crippen LogP contribution in [0.1, 0.15) is 21.5 Å². The molecule has 0 unspecified atom stereocenters. The van der Waals surface area contributed by atoms with Gasteiger partial charge in [0.15, 0.2) is 0 Å². The molecule has 0 saturated carbocycles. The first kappa shape index (κ1) is 18.3. The third kappa shape index (κ3) is 4.95. The number of ether oxygens (including phenoxy) is 1. The number of hydrogen-bond acceptors (Lipinski definition) is 5. The van der Waals surface area contributed by atoms with E-state index in [9.17, 15) is 9.59 Å². The number of nitrogen functional groups attached to an aromatic ring is 1. The highest BCUT2D eigenvalue weighted by Crippen LogP contribution is 2.15. The summed E-state index contributed by atoms with van der Waals surface area (Å²) in [5.41, 5.74) is 8.20. The van der Waals surface area contributed by atoms with Crippen molar-refractivity contribution >= 4 is 17.5 Å². The van der Waals surface area contributed by atoms with E-state index in [1.807, 2.05) is 19.1 Å². The fourth-order valence-electron chi connectivity index (χ4n) is 2.24. The normalized spacial score (nSPS) is 10.2. The summed E-state index contributed by atoms with van der Waals surface area (Å²) < 4.78 is 5.08. The number of hydrogen-bond donors (Lipinski definition) is 3. The zero-order chi connectivity index (χ0) is 18.4. The maximum atomic E-state index is 12.3. The minimum absolute atomic E-state index is 0.262. The first-order valence-electron chi connectivity index (χ1n) is 7.73. The van der Waals surface area contributed by atoms with Crippen molar-refractivity contribution in [2.24, 2.45) is 5.84 Å². The van der Waals surface area contributed by atoms with Gasteiger partial charge in [0.25, 0.3) is 5.91 Å². The molecule has 0 heterocycles. The molecule has 0 saturated heterocycles. The van der Waals surface area contributed by atoms with Crippen molar-refractivity contribution in [1.29, 1.82) is 0 Å². The van der Waals surface area contributed by atoms with Crippen molar-refractivity contribution < 1.29 is 14.3 Å². The average Bonchev–Trinajstić information content (AvgIpc) is 2.61. The van der Waals surface area contributed by atoms with E-state index in [4.69, 9.17) is 16.3 Å². The highest BCUT2D eigenvalue weighted by Gasteiger charge is 2.18. The summed E-state index contributed by atoms with van der Waals surface area (Å²) in [5.74, 6) is 5.60. The lowest BCUT2D eigenvalue weighted by Gasteiger charge is -2.17. The number of methoxy groups -OCH3 is 1. The number of amides is 2. The van der Waals surface area contributed by atoms with Crippen molar-refractivity contribution in [3.63, 3.8) is 0 Å². The smallest absolute Gasteiger partial charge is 0.270 e. The van der Waals surface area contributed by atoms with Crippen LogP contribution in [0.15, 0.2) is 42.5 Å². The Kier molecular flexibility index (Phi) is 5.97. The number of carbonyl (C=O) groups is 2. The summed E-state index contributed by atoms with van der Waals surface area (Å²) in [5, 5.41) is 3.57. The van der Waals surface area contributed by atoms with Crippen LogP contribution in [0.25, 0.3) is 0 Å². The highest BCUT2D eigenvalue weighted by molar-refractivity contribution is 6.00. The van der Waals surface area contributed by atoms with Crippen LogP contribution in [-0.2, 0) is 11.3 Å². The van der Waals surface area contributed by atoms with Gasteiger partial charge < -0.3 is 15.8 Å². The molecule has 5 N–H and O–H groups in total. The van der Waals surface area contributed by atoms with Crippen LogP contribution in [0, 0.1) is 6.92 Å². The van der Waals surface area contributed by atoms with Crippen LogP contribution in [0.4, 0.5) is 5.69 Å². The molecule has 132 valence electrons. The molecule has 25 heavy (non-hydrogen) atoms. The lowest BCUT2D eigenvalue weighted by Crippen LogP contribution is -2.45. The molecule has 2 rings (SSSR count). The topological polar surface area (TPSA) is 111 Å². The standard InChI is InChI=1S/C18H22N4O3/c1-12-3-8-16(19)15(9-12)18(24)22(20)11-17(23)21-10-13-4-6-14(25-2)7-5-13/h3-9H,10-11,19-20H2,1-2H3,(H,21,23). The Balaban J connectivity index is 1.90. The summed E-state index contributed by atoms with van der Waals surface area (Å²) in [4.78, 5) is 24.3. The molecular weight excluding hydrogens is 320 g/mol. The third-order valence-corrected chi connectivity index (χ3v) is 3.66. The maximum Gasteiger partial charge on any atom is 0.270 e. The molecule has 0 radical (unpaired) electrons. The Labute approximate surface area is 146 Å². The fourth-order valence-corrected chi connectivity index (χ4v) is 2.24. The van der Waals surface area contributed by atoms with Gasteiger partial charge in [-0.1, -0.05) is 23.8 Å². The maximum absolute atomic E-state index is 12.3. The quantitative estimate of drug-likeness (QED) is 0.316. The Morgan fingerprint density at radius 2 is 1.84 bits per heavy atom. The highest BCUT2D eigenvalue weighted by atomic mass is 16.5. The molecule has 0 aliphatic carbocycles. The molecule has 2 amide bonds. The van der Waals surface area contributed by atoms with E-state index in [1.165, 1.54) is 0 Å². The molecular formula is C18H22N4O3. The predicted octanol–water partition coefficient (Wildman–Crippen LogP) is 1.22. The van der Waals surface area contributed by atoms with Gasteiger partial charge in [-0.25, -0.2) is 5.84 Å². The van der Waals surface area contributed by atoms with Crippen molar-refractivity contribution in [3.05, 3.63) is 59.2 Å². The predicted molar refractivity (Wildman–Crippen MR) is 95.7 cm³/mol. The fraction of sp³-hybridized carbons (Fsp3) is 0.222. The van der Waals surface area contributed by atoms with Gasteiger partial charge in [-0.05, 0) is 36.8 Å². The molecule has 0 bridgehead atoms. The Morgan fingerprint density at radius 3 is 2.48 bits per heavy atom. The van der Waals surface area contributed by atoms with Gasteiger partial charge >= 0.3 is 0 Å². The summed E-state index contributed by atoms with van der Waals surface area (Å²) in [6.45, 7) is 1.92. The molecule has 0 aromatic heterocycles. The number of nitrogens with zero attached hydrogens (tertiary/aromatic N) is 1. The van der Waals surface area contributed by atoms with Gasteiger partial charge in [0.2, 0.25) is 5.91 Å². The van der Waals surface area contributed by atoms with Gasteiger partial charge in [-0.15, -0.1) is 0 Å². The molecule has 0 atom stereocenters. The number of nitrogens with two attached hydrogens (primary N) is 2. The van der Waals surface area contributed by atoms with E-state index in [2.05, 4.69) is 5.32 Å². The number of carbonyl (C=O) groups excluding carboxylic acids is 2. The summed E-state index contributed by atoms with van der Waals surface area (Å²) >= 11 is 0. The first-order chi connectivity index (χ1) is 11.9. The summed E-state index contributed by atoms with van der Waals surface area (Å²) in [6, 6.07) is 12.4. The van der Waals surface area contributed by atoms with Crippen LogP contribution in [0.2, 0.25) is 0 Å². The van der Waals surface area contributed by atoms with Crippen LogP contribution in [-0.4, -0.2) is 30.5 Å². The summed E-state index contributed by atoms with van der Waals surface area (Å²) in [6.07, 6.45) is 0. The third-order valence-electron chi connectivity index (χ3n) is 3.66. The number of benzene rings is 2. The number of nitrogens with one attached hydrogen (secondary N) is 1. The molecule has 0 fully saturated rings. The van der Waals surface area contributed by atoms with Crippen LogP contribution in [0.3, 0.4) is 0 Å². The van der Waals surface area contributed by atoms with Crippen LogP contribution >= 0.6 is 0 Å². The molecule has 0 spiro atoms. The second-order valence-electron chi connectivity index (χ2n) is 5.65. The Hall–Kier alpha value is -3.06. The molecule has 7 heteroatoms. The molecule has 2 aromatic carbocycles. The van der Waals surface area contributed by atoms with Gasteiger partial charge in [0, 0.05) is 12.2 Å². The van der Waals surface area contributed by atoms with Crippen molar-refractivity contribution in [2.75, 3.05) is 19.4 Å². The minimum Gasteiger partial charge on any atom is -0.497 e. The largest absolute Gasteiger partial charge is 0.497 e. The van der Waals surface area contributed by atoms with Crippen LogP contribution < -0.4 is 21.6 Å². The van der Waals surface area contributed by atoms with Gasteiger partial charge in [-0.3, -0.25) is 14.6 Å². The van der Waals surface area contributed by atoms with E-state index in [1.54, 1.807) is 37.4 Å². The molecule has 2 aromatic rings. The number of hydrazine groups is 1. The van der Waals surface area contributed by atoms with E-state index in [0.29, 0.717) is 12.2 Å². The minimum atomic E-state index is -0.499. The lowest BCUT2D eigenvalue weighted by atomic mass is 10.1. The van der Waals surface area contributed by atoms with Crippen molar-refractivity contribution in [1.82, 2.24) is 10.3 Å². The number of anilines is 1. The van der Waals surface area contributed by atoms with Gasteiger partial charge in [-0.2, -0.15) is 0 Å². The Bertz CT molecular complexity index is 759. The zero-order valence-corrected chi connectivity index (χ0v) is 14.3. The molecule has 0 aliphatic heterocycles. The van der Waals surface area contributed by atoms with E-state index in [0.717, 1.165) is 21.9 Å². The SMILES string of the molecule is COc1ccc(CNC(=O)CN(N)C(=O)c2cc(C)ccc2N)cc1. The summed E-state index contributed by atoms with van der Waals surface area (Å²) in [7, 11) is 1.59. The molecule has 7 nitrogen and oxygen atoms in total. The van der Waals surface area contributed by atoms with Gasteiger partial charge in [0.1, 0.15) is 12.3 Å². The van der Waals surface area contributed by atoms with Crippen molar-refractivity contribution in [2.45, 2.75) is 13.5 Å².